The SMILES string of the molecule is COc1cccc(-c2ccc3c(C=Nc4ccc(N5CCN(C)CC5)cc4)c(O)[nH]c3c2)c1. The summed E-state index contributed by atoms with van der Waals surface area (Å²) in [5.74, 6) is 0.930. The predicted molar refractivity (Wildman–Crippen MR) is 135 cm³/mol. The van der Waals surface area contributed by atoms with Gasteiger partial charge in [0.15, 0.2) is 5.88 Å². The van der Waals surface area contributed by atoms with Crippen LogP contribution in [0.3, 0.4) is 0 Å². The van der Waals surface area contributed by atoms with Gasteiger partial charge in [0.25, 0.3) is 0 Å². The van der Waals surface area contributed by atoms with Gasteiger partial charge in [-0.15, -0.1) is 0 Å². The number of aromatic hydroxyl groups is 1. The molecule has 6 nitrogen and oxygen atoms in total. The van der Waals surface area contributed by atoms with Gasteiger partial charge in [0, 0.05) is 49.0 Å². The fraction of sp³-hybridized carbons (Fsp3) is 0.222. The van der Waals surface area contributed by atoms with E-state index in [4.69, 9.17) is 4.74 Å². The van der Waals surface area contributed by atoms with Crippen LogP contribution in [0, 0.1) is 0 Å². The minimum absolute atomic E-state index is 0.116. The Hall–Kier alpha value is -3.77. The summed E-state index contributed by atoms with van der Waals surface area (Å²) in [5, 5.41) is 11.4. The van der Waals surface area contributed by atoms with Crippen LogP contribution in [-0.4, -0.2) is 61.5 Å². The molecule has 2 heterocycles. The molecule has 4 aromatic rings. The summed E-state index contributed by atoms with van der Waals surface area (Å²) in [6.45, 7) is 4.25. The number of anilines is 1. The Kier molecular flexibility index (Phi) is 5.75. The van der Waals surface area contributed by atoms with E-state index in [1.54, 1.807) is 13.3 Å². The lowest BCUT2D eigenvalue weighted by Crippen LogP contribution is -2.44. The van der Waals surface area contributed by atoms with E-state index in [1.807, 2.05) is 54.6 Å². The molecule has 1 saturated heterocycles. The molecular weight excluding hydrogens is 412 g/mol. The third-order valence-electron chi connectivity index (χ3n) is 6.28. The second kappa shape index (κ2) is 9.00. The van der Waals surface area contributed by atoms with Crippen molar-refractivity contribution in [3.8, 4) is 22.8 Å². The smallest absolute Gasteiger partial charge is 0.198 e. The van der Waals surface area contributed by atoms with Crippen LogP contribution in [0.2, 0.25) is 0 Å². The van der Waals surface area contributed by atoms with E-state index in [1.165, 1.54) is 5.69 Å². The number of piperazine rings is 1. The minimum atomic E-state index is 0.116. The molecule has 5 rings (SSSR count). The topological polar surface area (TPSA) is 64.1 Å². The molecule has 1 aliphatic rings. The normalized spacial score (nSPS) is 14.9. The van der Waals surface area contributed by atoms with E-state index in [2.05, 4.69) is 39.0 Å². The molecule has 0 saturated carbocycles. The number of aromatic amines is 1. The Labute approximate surface area is 193 Å². The zero-order valence-corrected chi connectivity index (χ0v) is 19.0. The van der Waals surface area contributed by atoms with Gasteiger partial charge >= 0.3 is 0 Å². The summed E-state index contributed by atoms with van der Waals surface area (Å²) >= 11 is 0. The largest absolute Gasteiger partial charge is 0.497 e. The first-order valence-corrected chi connectivity index (χ1v) is 11.2. The predicted octanol–water partition coefficient (Wildman–Crippen LogP) is 5.05. The highest BCUT2D eigenvalue weighted by molar-refractivity contribution is 6.03. The van der Waals surface area contributed by atoms with Crippen molar-refractivity contribution in [1.82, 2.24) is 9.88 Å². The van der Waals surface area contributed by atoms with Crippen LogP contribution in [0.4, 0.5) is 11.4 Å². The van der Waals surface area contributed by atoms with Crippen molar-refractivity contribution in [2.75, 3.05) is 45.2 Å². The molecule has 6 heteroatoms. The first-order valence-electron chi connectivity index (χ1n) is 11.2. The number of benzene rings is 3. The third-order valence-corrected chi connectivity index (χ3v) is 6.28. The highest BCUT2D eigenvalue weighted by atomic mass is 16.5. The molecule has 1 aromatic heterocycles. The number of nitrogens with zero attached hydrogens (tertiary/aromatic N) is 3. The molecule has 0 radical (unpaired) electrons. The van der Waals surface area contributed by atoms with Gasteiger partial charge in [0.2, 0.25) is 0 Å². The molecule has 0 unspecified atom stereocenters. The van der Waals surface area contributed by atoms with Crippen LogP contribution >= 0.6 is 0 Å². The van der Waals surface area contributed by atoms with E-state index in [-0.39, 0.29) is 5.88 Å². The van der Waals surface area contributed by atoms with Gasteiger partial charge in [-0.1, -0.05) is 24.3 Å². The first-order chi connectivity index (χ1) is 16.1. The van der Waals surface area contributed by atoms with Crippen molar-refractivity contribution in [2.24, 2.45) is 4.99 Å². The Morgan fingerprint density at radius 2 is 1.70 bits per heavy atom. The van der Waals surface area contributed by atoms with Gasteiger partial charge in [-0.2, -0.15) is 0 Å². The molecule has 0 amide bonds. The molecule has 33 heavy (non-hydrogen) atoms. The van der Waals surface area contributed by atoms with E-state index < -0.39 is 0 Å². The van der Waals surface area contributed by atoms with Crippen molar-refractivity contribution in [3.05, 3.63) is 72.3 Å². The van der Waals surface area contributed by atoms with E-state index in [0.29, 0.717) is 5.56 Å². The van der Waals surface area contributed by atoms with E-state index in [9.17, 15) is 5.11 Å². The first kappa shape index (κ1) is 21.1. The summed E-state index contributed by atoms with van der Waals surface area (Å²) < 4.78 is 5.34. The lowest BCUT2D eigenvalue weighted by Gasteiger charge is -2.34. The van der Waals surface area contributed by atoms with Crippen molar-refractivity contribution in [3.63, 3.8) is 0 Å². The molecule has 1 fully saturated rings. The Balaban J connectivity index is 1.37. The number of methoxy groups -OCH3 is 1. The van der Waals surface area contributed by atoms with Gasteiger partial charge < -0.3 is 24.6 Å². The van der Waals surface area contributed by atoms with Crippen molar-refractivity contribution >= 4 is 28.5 Å². The fourth-order valence-corrected chi connectivity index (χ4v) is 4.27. The number of hydrogen-bond donors (Lipinski definition) is 2. The standard InChI is InChI=1S/C27H28N4O2/c1-30-12-14-31(15-13-30)22-9-7-21(8-10-22)28-18-25-24-11-6-20(17-26(24)29-27(25)32)19-4-3-5-23(16-19)33-2/h3-11,16-18,29,32H,12-15H2,1-2H3. The van der Waals surface area contributed by atoms with E-state index >= 15 is 0 Å². The maximum atomic E-state index is 10.5. The molecule has 0 spiro atoms. The average Bonchev–Trinajstić information content (AvgIpc) is 3.17. The summed E-state index contributed by atoms with van der Waals surface area (Å²) in [7, 11) is 3.83. The van der Waals surface area contributed by atoms with Gasteiger partial charge in [0.05, 0.1) is 18.4 Å². The fourth-order valence-electron chi connectivity index (χ4n) is 4.27. The molecule has 2 N–H and O–H groups in total. The zero-order valence-electron chi connectivity index (χ0n) is 19.0. The molecule has 168 valence electrons. The van der Waals surface area contributed by atoms with Gasteiger partial charge in [-0.05, 0) is 60.6 Å². The third kappa shape index (κ3) is 4.43. The number of ether oxygens (including phenoxy) is 1. The Bertz CT molecular complexity index is 1290. The summed E-state index contributed by atoms with van der Waals surface area (Å²) in [6, 6.07) is 22.3. The summed E-state index contributed by atoms with van der Waals surface area (Å²) in [5.41, 5.74) is 5.73. The monoisotopic (exact) mass is 440 g/mol. The quantitative estimate of drug-likeness (QED) is 0.426. The van der Waals surface area contributed by atoms with Crippen LogP contribution in [0.25, 0.3) is 22.0 Å². The number of likely N-dealkylation sites (N-methyl/N-ethyl adjacent to an activating group) is 1. The van der Waals surface area contributed by atoms with Crippen LogP contribution in [0.1, 0.15) is 5.56 Å². The number of nitrogens with one attached hydrogen (secondary N) is 1. The molecule has 0 bridgehead atoms. The maximum absolute atomic E-state index is 10.5. The molecule has 0 atom stereocenters. The maximum Gasteiger partial charge on any atom is 0.198 e. The van der Waals surface area contributed by atoms with Crippen LogP contribution in [0.15, 0.2) is 71.7 Å². The van der Waals surface area contributed by atoms with Crippen LogP contribution in [0.5, 0.6) is 11.6 Å². The van der Waals surface area contributed by atoms with Gasteiger partial charge in [0.1, 0.15) is 5.75 Å². The van der Waals surface area contributed by atoms with Gasteiger partial charge in [-0.25, -0.2) is 0 Å². The van der Waals surface area contributed by atoms with Crippen molar-refractivity contribution in [1.29, 1.82) is 0 Å². The molecule has 1 aliphatic heterocycles. The number of aliphatic imine (C=N–C) groups is 1. The summed E-state index contributed by atoms with van der Waals surface area (Å²) in [4.78, 5) is 12.4. The number of hydrogen-bond acceptors (Lipinski definition) is 5. The van der Waals surface area contributed by atoms with E-state index in [0.717, 1.165) is 59.6 Å². The highest BCUT2D eigenvalue weighted by Crippen LogP contribution is 2.31. The molecule has 0 aliphatic carbocycles. The average molecular weight is 441 g/mol. The van der Waals surface area contributed by atoms with Crippen LogP contribution < -0.4 is 9.64 Å². The zero-order chi connectivity index (χ0) is 22.8. The minimum Gasteiger partial charge on any atom is -0.497 e. The number of H-pyrrole nitrogens is 1. The summed E-state index contributed by atoms with van der Waals surface area (Å²) in [6.07, 6.45) is 1.73. The molecule has 3 aromatic carbocycles. The van der Waals surface area contributed by atoms with Crippen LogP contribution in [-0.2, 0) is 0 Å². The lowest BCUT2D eigenvalue weighted by atomic mass is 10.0. The van der Waals surface area contributed by atoms with Crippen molar-refractivity contribution < 1.29 is 9.84 Å². The second-order valence-electron chi connectivity index (χ2n) is 8.44. The second-order valence-corrected chi connectivity index (χ2v) is 8.44. The van der Waals surface area contributed by atoms with Crippen molar-refractivity contribution in [2.45, 2.75) is 0 Å². The lowest BCUT2D eigenvalue weighted by molar-refractivity contribution is 0.313. The molecular formula is C27H28N4O2. The highest BCUT2D eigenvalue weighted by Gasteiger charge is 2.14. The Morgan fingerprint density at radius 3 is 2.45 bits per heavy atom. The number of aromatic nitrogens is 1. The number of fused-ring (bicyclic) bond motifs is 1. The Morgan fingerprint density at radius 1 is 0.939 bits per heavy atom. The number of rotatable bonds is 5. The van der Waals surface area contributed by atoms with Gasteiger partial charge in [-0.3, -0.25) is 4.99 Å².